The smallest absolute Gasteiger partial charge is 0.326 e. The van der Waals surface area contributed by atoms with Gasteiger partial charge < -0.3 is 10.4 Å². The van der Waals surface area contributed by atoms with Gasteiger partial charge in [0.2, 0.25) is 0 Å². The van der Waals surface area contributed by atoms with Crippen molar-refractivity contribution in [3.05, 3.63) is 36.5 Å². The number of nitrogens with zero attached hydrogens (tertiary/aromatic N) is 1. The van der Waals surface area contributed by atoms with Crippen LogP contribution in [0.4, 0.5) is 5.69 Å². The number of carbonyl (C=O) groups is 1. The Morgan fingerprint density at radius 2 is 2.11 bits per heavy atom. The molecule has 0 aliphatic heterocycles. The molecule has 1 unspecified atom stereocenters. The Labute approximate surface area is 106 Å². The predicted molar refractivity (Wildman–Crippen MR) is 71.6 cm³/mol. The molecule has 0 saturated carbocycles. The lowest BCUT2D eigenvalue weighted by molar-refractivity contribution is -0.138. The Bertz CT molecular complexity index is 566. The largest absolute Gasteiger partial charge is 0.480 e. The van der Waals surface area contributed by atoms with Crippen molar-refractivity contribution in [2.75, 3.05) is 5.32 Å². The molecule has 0 bridgehead atoms. The standard InChI is InChI=1S/C14H16N2O2/c1-9(2)13(14(17)18)16-11-5-6-12-10(8-11)4-3-7-15-12/h3-9,13,16H,1-2H3,(H,17,18). The third kappa shape index (κ3) is 2.59. The summed E-state index contributed by atoms with van der Waals surface area (Å²) in [4.78, 5) is 15.4. The van der Waals surface area contributed by atoms with Gasteiger partial charge >= 0.3 is 5.97 Å². The molecule has 0 fully saturated rings. The number of anilines is 1. The van der Waals surface area contributed by atoms with E-state index in [4.69, 9.17) is 5.11 Å². The van der Waals surface area contributed by atoms with Crippen molar-refractivity contribution in [2.45, 2.75) is 19.9 Å². The second kappa shape index (κ2) is 5.04. The number of aliphatic carboxylic acids is 1. The highest BCUT2D eigenvalue weighted by atomic mass is 16.4. The quantitative estimate of drug-likeness (QED) is 0.868. The predicted octanol–water partition coefficient (Wildman–Crippen LogP) is 2.76. The average Bonchev–Trinajstić information content (AvgIpc) is 2.35. The molecular weight excluding hydrogens is 228 g/mol. The number of carboxylic acid groups (broad SMARTS) is 1. The minimum atomic E-state index is -0.837. The number of nitrogens with one attached hydrogen (secondary N) is 1. The Hall–Kier alpha value is -2.10. The topological polar surface area (TPSA) is 62.2 Å². The Morgan fingerprint density at radius 3 is 2.78 bits per heavy atom. The molecule has 1 heterocycles. The van der Waals surface area contributed by atoms with Gasteiger partial charge in [0.15, 0.2) is 0 Å². The van der Waals surface area contributed by atoms with Crippen LogP contribution in [0.3, 0.4) is 0 Å². The molecule has 0 radical (unpaired) electrons. The third-order valence-corrected chi connectivity index (χ3v) is 2.86. The van der Waals surface area contributed by atoms with Crippen LogP contribution in [0, 0.1) is 5.92 Å². The fraction of sp³-hybridized carbons (Fsp3) is 0.286. The number of rotatable bonds is 4. The van der Waals surface area contributed by atoms with E-state index in [0.717, 1.165) is 16.6 Å². The van der Waals surface area contributed by atoms with Gasteiger partial charge in [0.05, 0.1) is 5.52 Å². The van der Waals surface area contributed by atoms with E-state index < -0.39 is 12.0 Å². The minimum Gasteiger partial charge on any atom is -0.480 e. The maximum absolute atomic E-state index is 11.1. The first-order valence-corrected chi connectivity index (χ1v) is 5.92. The number of hydrogen-bond donors (Lipinski definition) is 2. The third-order valence-electron chi connectivity index (χ3n) is 2.86. The summed E-state index contributed by atoms with van der Waals surface area (Å²) in [6.45, 7) is 3.77. The first-order valence-electron chi connectivity index (χ1n) is 5.92. The molecule has 4 heteroatoms. The lowest BCUT2D eigenvalue weighted by atomic mass is 10.0. The van der Waals surface area contributed by atoms with Gasteiger partial charge in [0.25, 0.3) is 0 Å². The molecular formula is C14H16N2O2. The summed E-state index contributed by atoms with van der Waals surface area (Å²) >= 11 is 0. The highest BCUT2D eigenvalue weighted by Crippen LogP contribution is 2.19. The van der Waals surface area contributed by atoms with Gasteiger partial charge in [-0.25, -0.2) is 4.79 Å². The highest BCUT2D eigenvalue weighted by molar-refractivity contribution is 5.84. The zero-order valence-corrected chi connectivity index (χ0v) is 10.4. The van der Waals surface area contributed by atoms with Crippen LogP contribution < -0.4 is 5.32 Å². The van der Waals surface area contributed by atoms with Crippen molar-refractivity contribution in [3.8, 4) is 0 Å². The minimum absolute atomic E-state index is 0.0205. The molecule has 0 saturated heterocycles. The van der Waals surface area contributed by atoms with Crippen LogP contribution in [0.15, 0.2) is 36.5 Å². The number of hydrogen-bond acceptors (Lipinski definition) is 3. The first-order chi connectivity index (χ1) is 8.58. The Morgan fingerprint density at radius 1 is 1.33 bits per heavy atom. The van der Waals surface area contributed by atoms with Crippen LogP contribution in [0.2, 0.25) is 0 Å². The van der Waals surface area contributed by atoms with Crippen LogP contribution in [-0.2, 0) is 4.79 Å². The van der Waals surface area contributed by atoms with Crippen LogP contribution in [0.5, 0.6) is 0 Å². The second-order valence-electron chi connectivity index (χ2n) is 4.62. The van der Waals surface area contributed by atoms with E-state index in [2.05, 4.69) is 10.3 Å². The number of aromatic nitrogens is 1. The molecule has 0 aliphatic rings. The molecule has 2 N–H and O–H groups in total. The lowest BCUT2D eigenvalue weighted by Gasteiger charge is -2.19. The average molecular weight is 244 g/mol. The second-order valence-corrected chi connectivity index (χ2v) is 4.62. The van der Waals surface area contributed by atoms with Crippen molar-refractivity contribution in [1.82, 2.24) is 4.98 Å². The zero-order chi connectivity index (χ0) is 13.1. The van der Waals surface area contributed by atoms with E-state index in [-0.39, 0.29) is 5.92 Å². The maximum Gasteiger partial charge on any atom is 0.326 e. The van der Waals surface area contributed by atoms with Gasteiger partial charge in [-0.05, 0) is 30.2 Å². The SMILES string of the molecule is CC(C)C(Nc1ccc2ncccc2c1)C(=O)O. The van der Waals surface area contributed by atoms with Crippen molar-refractivity contribution >= 4 is 22.6 Å². The number of benzene rings is 1. The van der Waals surface area contributed by atoms with E-state index in [0.29, 0.717) is 0 Å². The molecule has 1 atom stereocenters. The maximum atomic E-state index is 11.1. The fourth-order valence-electron chi connectivity index (χ4n) is 1.86. The van der Waals surface area contributed by atoms with Gasteiger partial charge in [-0.3, -0.25) is 4.98 Å². The molecule has 1 aromatic carbocycles. The van der Waals surface area contributed by atoms with Crippen molar-refractivity contribution in [2.24, 2.45) is 5.92 Å². The van der Waals surface area contributed by atoms with Crippen LogP contribution >= 0.6 is 0 Å². The molecule has 2 aromatic rings. The van der Waals surface area contributed by atoms with E-state index in [1.807, 2.05) is 44.2 Å². The summed E-state index contributed by atoms with van der Waals surface area (Å²) in [6.07, 6.45) is 1.74. The molecule has 18 heavy (non-hydrogen) atoms. The van der Waals surface area contributed by atoms with Crippen molar-refractivity contribution in [1.29, 1.82) is 0 Å². The zero-order valence-electron chi connectivity index (χ0n) is 10.4. The van der Waals surface area contributed by atoms with E-state index in [9.17, 15) is 4.79 Å². The summed E-state index contributed by atoms with van der Waals surface area (Å²) in [5.41, 5.74) is 1.70. The first kappa shape index (κ1) is 12.4. The Balaban J connectivity index is 2.28. The summed E-state index contributed by atoms with van der Waals surface area (Å²) in [7, 11) is 0. The Kier molecular flexibility index (Phi) is 3.46. The highest BCUT2D eigenvalue weighted by Gasteiger charge is 2.20. The summed E-state index contributed by atoms with van der Waals surface area (Å²) in [5, 5.41) is 13.2. The number of fused-ring (bicyclic) bond motifs is 1. The van der Waals surface area contributed by atoms with Gasteiger partial charge in [-0.15, -0.1) is 0 Å². The molecule has 94 valence electrons. The van der Waals surface area contributed by atoms with E-state index in [1.54, 1.807) is 6.20 Å². The molecule has 2 rings (SSSR count). The number of pyridine rings is 1. The van der Waals surface area contributed by atoms with Crippen molar-refractivity contribution in [3.63, 3.8) is 0 Å². The molecule has 1 aromatic heterocycles. The van der Waals surface area contributed by atoms with Gasteiger partial charge in [0.1, 0.15) is 6.04 Å². The fourth-order valence-corrected chi connectivity index (χ4v) is 1.86. The van der Waals surface area contributed by atoms with Crippen LogP contribution in [0.1, 0.15) is 13.8 Å². The summed E-state index contributed by atoms with van der Waals surface area (Å²) < 4.78 is 0. The van der Waals surface area contributed by atoms with Crippen LogP contribution in [0.25, 0.3) is 10.9 Å². The molecule has 4 nitrogen and oxygen atoms in total. The monoisotopic (exact) mass is 244 g/mol. The van der Waals surface area contributed by atoms with Gasteiger partial charge in [0, 0.05) is 17.3 Å². The van der Waals surface area contributed by atoms with Crippen molar-refractivity contribution < 1.29 is 9.90 Å². The normalized spacial score (nSPS) is 12.6. The van der Waals surface area contributed by atoms with Gasteiger partial charge in [-0.2, -0.15) is 0 Å². The number of carboxylic acids is 1. The van der Waals surface area contributed by atoms with Crippen LogP contribution in [-0.4, -0.2) is 22.1 Å². The molecule has 0 spiro atoms. The van der Waals surface area contributed by atoms with E-state index >= 15 is 0 Å². The molecule has 0 aliphatic carbocycles. The van der Waals surface area contributed by atoms with Gasteiger partial charge in [-0.1, -0.05) is 19.9 Å². The summed E-state index contributed by atoms with van der Waals surface area (Å²) in [5.74, 6) is -0.816. The molecule has 0 amide bonds. The lowest BCUT2D eigenvalue weighted by Crippen LogP contribution is -2.34. The summed E-state index contributed by atoms with van der Waals surface area (Å²) in [6, 6.07) is 8.90. The van der Waals surface area contributed by atoms with E-state index in [1.165, 1.54) is 0 Å².